The van der Waals surface area contributed by atoms with Crippen LogP contribution in [0, 0.1) is 0 Å². The first-order valence-corrected chi connectivity index (χ1v) is 9.58. The van der Waals surface area contributed by atoms with Gasteiger partial charge in [-0.2, -0.15) is 0 Å². The van der Waals surface area contributed by atoms with Crippen molar-refractivity contribution in [2.24, 2.45) is 4.99 Å². The first kappa shape index (κ1) is 25.5. The Bertz CT molecular complexity index is 815. The smallest absolute Gasteiger partial charge is 0.242 e. The van der Waals surface area contributed by atoms with Crippen LogP contribution in [0.3, 0.4) is 0 Å². The number of ether oxygens (including phenoxy) is 2. The predicted molar refractivity (Wildman–Crippen MR) is 131 cm³/mol. The van der Waals surface area contributed by atoms with Crippen molar-refractivity contribution in [3.8, 4) is 11.5 Å². The summed E-state index contributed by atoms with van der Waals surface area (Å²) in [5.41, 5.74) is 2.12. The maximum Gasteiger partial charge on any atom is 0.242 e. The van der Waals surface area contributed by atoms with Gasteiger partial charge in [0.25, 0.3) is 0 Å². The van der Waals surface area contributed by atoms with Gasteiger partial charge in [-0.05, 0) is 30.2 Å². The summed E-state index contributed by atoms with van der Waals surface area (Å²) in [6, 6.07) is 15.7. The highest BCUT2D eigenvalue weighted by molar-refractivity contribution is 14.0. The molecule has 2 aromatic rings. The van der Waals surface area contributed by atoms with Crippen LogP contribution in [-0.2, 0) is 17.9 Å². The molecule has 0 saturated carbocycles. The fraction of sp³-hybridized carbons (Fsp3) is 0.364. The third-order valence-corrected chi connectivity index (χ3v) is 4.49. The van der Waals surface area contributed by atoms with Crippen LogP contribution in [0.1, 0.15) is 18.1 Å². The van der Waals surface area contributed by atoms with E-state index >= 15 is 0 Å². The largest absolute Gasteiger partial charge is 0.493 e. The lowest BCUT2D eigenvalue weighted by Gasteiger charge is -2.22. The first-order chi connectivity index (χ1) is 14.1. The molecule has 1 amide bonds. The fourth-order valence-electron chi connectivity index (χ4n) is 2.85. The molecule has 0 aliphatic carbocycles. The highest BCUT2D eigenvalue weighted by Crippen LogP contribution is 2.27. The maximum atomic E-state index is 12.6. The van der Waals surface area contributed by atoms with Gasteiger partial charge in [0.15, 0.2) is 17.5 Å². The maximum absolute atomic E-state index is 12.6. The van der Waals surface area contributed by atoms with E-state index in [1.807, 2.05) is 60.4 Å². The number of rotatable bonds is 9. The van der Waals surface area contributed by atoms with Crippen LogP contribution in [0.2, 0.25) is 0 Å². The molecule has 0 spiro atoms. The van der Waals surface area contributed by atoms with Crippen molar-refractivity contribution in [3.05, 3.63) is 59.7 Å². The summed E-state index contributed by atoms with van der Waals surface area (Å²) in [5.74, 6) is 1.93. The Morgan fingerprint density at radius 2 is 1.70 bits per heavy atom. The number of carbonyl (C=O) groups is 1. The highest BCUT2D eigenvalue weighted by atomic mass is 127. The third-order valence-electron chi connectivity index (χ3n) is 4.49. The van der Waals surface area contributed by atoms with E-state index in [4.69, 9.17) is 9.47 Å². The lowest BCUT2D eigenvalue weighted by atomic mass is 10.2. The van der Waals surface area contributed by atoms with Crippen molar-refractivity contribution in [3.63, 3.8) is 0 Å². The van der Waals surface area contributed by atoms with Gasteiger partial charge in [0, 0.05) is 26.7 Å². The molecule has 0 aromatic heterocycles. The summed E-state index contributed by atoms with van der Waals surface area (Å²) in [6.45, 7) is 3.93. The Hall–Kier alpha value is -2.49. The lowest BCUT2D eigenvalue weighted by Crippen LogP contribution is -2.44. The molecule has 0 aliphatic heterocycles. The van der Waals surface area contributed by atoms with Gasteiger partial charge in [-0.25, -0.2) is 0 Å². The zero-order chi connectivity index (χ0) is 21.1. The molecule has 0 aliphatic rings. The molecular formula is C22H31IN4O3. The van der Waals surface area contributed by atoms with E-state index in [1.165, 1.54) is 0 Å². The van der Waals surface area contributed by atoms with Gasteiger partial charge < -0.3 is 25.0 Å². The molecule has 164 valence electrons. The molecule has 0 unspecified atom stereocenters. The number of aliphatic imine (C=N–C) groups is 1. The minimum absolute atomic E-state index is 0. The molecule has 0 saturated heterocycles. The Labute approximate surface area is 195 Å². The number of benzene rings is 2. The molecule has 2 rings (SSSR count). The van der Waals surface area contributed by atoms with Crippen LogP contribution in [0.5, 0.6) is 11.5 Å². The van der Waals surface area contributed by atoms with Gasteiger partial charge in [-0.3, -0.25) is 9.79 Å². The number of hydrogen-bond acceptors (Lipinski definition) is 4. The number of likely N-dealkylation sites (N-methyl/N-ethyl adjacent to an activating group) is 1. The standard InChI is InChI=1S/C22H30N4O3.HI/c1-5-26(16-17-9-7-6-8-10-17)21(27)15-25-22(23-2)24-14-18-11-12-19(28-3)20(13-18)29-4;/h6-13H,5,14-16H2,1-4H3,(H2,23,24,25);1H. The second-order valence-electron chi connectivity index (χ2n) is 6.36. The van der Waals surface area contributed by atoms with Crippen LogP contribution >= 0.6 is 24.0 Å². The minimum atomic E-state index is 0. The number of halogens is 1. The fourth-order valence-corrected chi connectivity index (χ4v) is 2.85. The van der Waals surface area contributed by atoms with E-state index in [-0.39, 0.29) is 36.4 Å². The molecule has 0 radical (unpaired) electrons. The van der Waals surface area contributed by atoms with Crippen LogP contribution in [0.25, 0.3) is 0 Å². The zero-order valence-electron chi connectivity index (χ0n) is 18.0. The molecule has 2 aromatic carbocycles. The number of guanidine groups is 1. The normalized spacial score (nSPS) is 10.6. The van der Waals surface area contributed by atoms with E-state index in [0.29, 0.717) is 37.1 Å². The summed E-state index contributed by atoms with van der Waals surface area (Å²) >= 11 is 0. The molecule has 7 nitrogen and oxygen atoms in total. The van der Waals surface area contributed by atoms with E-state index in [2.05, 4.69) is 15.6 Å². The predicted octanol–water partition coefficient (Wildman–Crippen LogP) is 3.04. The highest BCUT2D eigenvalue weighted by Gasteiger charge is 2.13. The molecule has 2 N–H and O–H groups in total. The first-order valence-electron chi connectivity index (χ1n) is 9.58. The van der Waals surface area contributed by atoms with Crippen molar-refractivity contribution >= 4 is 35.8 Å². The van der Waals surface area contributed by atoms with E-state index in [0.717, 1.165) is 11.1 Å². The van der Waals surface area contributed by atoms with Crippen molar-refractivity contribution in [1.29, 1.82) is 0 Å². The SMILES string of the molecule is CCN(Cc1ccccc1)C(=O)CNC(=NC)NCc1ccc(OC)c(OC)c1.I. The Morgan fingerprint density at radius 3 is 2.30 bits per heavy atom. The Morgan fingerprint density at radius 1 is 1.00 bits per heavy atom. The van der Waals surface area contributed by atoms with E-state index < -0.39 is 0 Å². The summed E-state index contributed by atoms with van der Waals surface area (Å²) < 4.78 is 10.6. The molecule has 0 bridgehead atoms. The second kappa shape index (κ2) is 13.7. The van der Waals surface area contributed by atoms with Gasteiger partial charge in [0.05, 0.1) is 20.8 Å². The molecular weight excluding hydrogens is 495 g/mol. The number of amides is 1. The number of nitrogens with one attached hydrogen (secondary N) is 2. The van der Waals surface area contributed by atoms with Gasteiger partial charge in [0.2, 0.25) is 5.91 Å². The van der Waals surface area contributed by atoms with Gasteiger partial charge >= 0.3 is 0 Å². The third kappa shape index (κ3) is 7.74. The Balaban J connectivity index is 0.00000450. The summed E-state index contributed by atoms with van der Waals surface area (Å²) in [6.07, 6.45) is 0. The number of nitrogens with zero attached hydrogens (tertiary/aromatic N) is 2. The van der Waals surface area contributed by atoms with Gasteiger partial charge in [-0.1, -0.05) is 36.4 Å². The average molecular weight is 526 g/mol. The van der Waals surface area contributed by atoms with Gasteiger partial charge in [-0.15, -0.1) is 24.0 Å². The molecule has 30 heavy (non-hydrogen) atoms. The quantitative estimate of drug-likeness (QED) is 0.299. The summed E-state index contributed by atoms with van der Waals surface area (Å²) in [5, 5.41) is 6.29. The van der Waals surface area contributed by atoms with Gasteiger partial charge in [0.1, 0.15) is 0 Å². The van der Waals surface area contributed by atoms with Crippen LogP contribution < -0.4 is 20.1 Å². The van der Waals surface area contributed by atoms with Crippen molar-refractivity contribution in [2.45, 2.75) is 20.0 Å². The number of carbonyl (C=O) groups excluding carboxylic acids is 1. The van der Waals surface area contributed by atoms with Crippen LogP contribution in [-0.4, -0.2) is 51.1 Å². The molecule has 0 atom stereocenters. The second-order valence-corrected chi connectivity index (χ2v) is 6.36. The monoisotopic (exact) mass is 526 g/mol. The number of methoxy groups -OCH3 is 2. The van der Waals surface area contributed by atoms with E-state index in [9.17, 15) is 4.79 Å². The molecule has 0 heterocycles. The number of hydrogen-bond donors (Lipinski definition) is 2. The van der Waals surface area contributed by atoms with Crippen molar-refractivity contribution in [1.82, 2.24) is 15.5 Å². The van der Waals surface area contributed by atoms with Crippen molar-refractivity contribution in [2.75, 3.05) is 34.4 Å². The topological polar surface area (TPSA) is 75.2 Å². The zero-order valence-corrected chi connectivity index (χ0v) is 20.3. The minimum Gasteiger partial charge on any atom is -0.493 e. The van der Waals surface area contributed by atoms with Crippen LogP contribution in [0.4, 0.5) is 0 Å². The van der Waals surface area contributed by atoms with Crippen LogP contribution in [0.15, 0.2) is 53.5 Å². The molecule has 0 fully saturated rings. The molecule has 8 heteroatoms. The average Bonchev–Trinajstić information content (AvgIpc) is 2.77. The summed E-state index contributed by atoms with van der Waals surface area (Å²) in [7, 11) is 4.89. The van der Waals surface area contributed by atoms with Crippen molar-refractivity contribution < 1.29 is 14.3 Å². The summed E-state index contributed by atoms with van der Waals surface area (Å²) in [4.78, 5) is 18.6. The lowest BCUT2D eigenvalue weighted by molar-refractivity contribution is -0.130. The van der Waals surface area contributed by atoms with E-state index in [1.54, 1.807) is 21.3 Å². The Kier molecular flexibility index (Phi) is 11.7.